The van der Waals surface area contributed by atoms with Crippen molar-refractivity contribution in [2.75, 3.05) is 23.7 Å². The summed E-state index contributed by atoms with van der Waals surface area (Å²) in [6.45, 7) is 3.66. The number of aryl methyl sites for hydroxylation is 1. The van der Waals surface area contributed by atoms with E-state index in [-0.39, 0.29) is 0 Å². The van der Waals surface area contributed by atoms with E-state index in [2.05, 4.69) is 41.8 Å². The van der Waals surface area contributed by atoms with Crippen LogP contribution in [0.4, 0.5) is 11.4 Å². The molecule has 4 heteroatoms. The molecule has 0 radical (unpaired) electrons. The Morgan fingerprint density at radius 2 is 1.58 bits per heavy atom. The molecule has 0 saturated carbocycles. The number of rotatable bonds is 5. The number of hydrogen-bond donors (Lipinski definition) is 2. The van der Waals surface area contributed by atoms with Gasteiger partial charge in [0.05, 0.1) is 10.7 Å². The Morgan fingerprint density at radius 3 is 2.32 bits per heavy atom. The molecule has 0 aliphatic heterocycles. The molecule has 2 N–H and O–H groups in total. The molecule has 0 fully saturated rings. The van der Waals surface area contributed by atoms with Gasteiger partial charge in [-0.25, -0.2) is 0 Å². The Morgan fingerprint density at radius 1 is 0.895 bits per heavy atom. The highest BCUT2D eigenvalue weighted by atomic mass is 35.5. The molecule has 2 rings (SSSR count). The molecule has 0 saturated heterocycles. The molecular formula is C15H16Cl2N2. The van der Waals surface area contributed by atoms with E-state index in [0.717, 1.165) is 24.5 Å². The molecule has 0 atom stereocenters. The minimum absolute atomic E-state index is 0.679. The van der Waals surface area contributed by atoms with E-state index < -0.39 is 0 Å². The molecule has 0 aliphatic carbocycles. The third-order valence-corrected chi connectivity index (χ3v) is 3.31. The molecule has 0 unspecified atom stereocenters. The van der Waals surface area contributed by atoms with E-state index in [9.17, 15) is 0 Å². The molecule has 0 aromatic heterocycles. The predicted octanol–water partition coefficient (Wildman–Crippen LogP) is 4.83. The molecule has 0 aliphatic rings. The smallest absolute Gasteiger partial charge is 0.0638 e. The van der Waals surface area contributed by atoms with Gasteiger partial charge in [0.25, 0.3) is 0 Å². The van der Waals surface area contributed by atoms with E-state index in [1.54, 1.807) is 12.1 Å². The van der Waals surface area contributed by atoms with Gasteiger partial charge in [-0.15, -0.1) is 0 Å². The average Bonchev–Trinajstić information content (AvgIpc) is 2.40. The summed E-state index contributed by atoms with van der Waals surface area (Å²) < 4.78 is 0. The summed E-state index contributed by atoms with van der Waals surface area (Å²) in [4.78, 5) is 0. The SMILES string of the molecule is Cc1ccc(NCCNc2cc(Cl)ccc2Cl)cc1. The van der Waals surface area contributed by atoms with Crippen LogP contribution >= 0.6 is 23.2 Å². The van der Waals surface area contributed by atoms with Crippen LogP contribution in [0, 0.1) is 6.92 Å². The lowest BCUT2D eigenvalue weighted by molar-refractivity contribution is 1.08. The Kier molecular flexibility index (Phi) is 4.94. The second-order valence-corrected chi connectivity index (χ2v) is 5.19. The van der Waals surface area contributed by atoms with E-state index in [1.165, 1.54) is 5.56 Å². The average molecular weight is 295 g/mol. The largest absolute Gasteiger partial charge is 0.383 e. The topological polar surface area (TPSA) is 24.1 Å². The van der Waals surface area contributed by atoms with Crippen LogP contribution in [-0.2, 0) is 0 Å². The standard InChI is InChI=1S/C15H16Cl2N2/c1-11-2-5-13(6-3-11)18-8-9-19-15-10-12(16)4-7-14(15)17/h2-7,10,18-19H,8-9H2,1H3. The number of anilines is 2. The highest BCUT2D eigenvalue weighted by molar-refractivity contribution is 6.35. The van der Waals surface area contributed by atoms with Crippen molar-refractivity contribution in [2.45, 2.75) is 6.92 Å². The zero-order chi connectivity index (χ0) is 13.7. The zero-order valence-corrected chi connectivity index (χ0v) is 12.2. The lowest BCUT2D eigenvalue weighted by Gasteiger charge is -2.10. The van der Waals surface area contributed by atoms with Crippen LogP contribution in [-0.4, -0.2) is 13.1 Å². The van der Waals surface area contributed by atoms with E-state index >= 15 is 0 Å². The van der Waals surface area contributed by atoms with Gasteiger partial charge in [-0.2, -0.15) is 0 Å². The lowest BCUT2D eigenvalue weighted by Crippen LogP contribution is -2.13. The Labute approximate surface area is 123 Å². The Hall–Kier alpha value is -1.38. The zero-order valence-electron chi connectivity index (χ0n) is 10.7. The lowest BCUT2D eigenvalue weighted by atomic mass is 10.2. The maximum atomic E-state index is 6.07. The van der Waals surface area contributed by atoms with Gasteiger partial charge in [-0.05, 0) is 37.3 Å². The first-order valence-corrected chi connectivity index (χ1v) is 6.90. The predicted molar refractivity (Wildman–Crippen MR) is 84.6 cm³/mol. The van der Waals surface area contributed by atoms with Crippen LogP contribution in [0.1, 0.15) is 5.56 Å². The summed E-state index contributed by atoms with van der Waals surface area (Å²) >= 11 is 12.0. The fourth-order valence-corrected chi connectivity index (χ4v) is 2.06. The van der Waals surface area contributed by atoms with Crippen molar-refractivity contribution in [3.05, 3.63) is 58.1 Å². The molecule has 0 amide bonds. The normalized spacial score (nSPS) is 10.3. The molecule has 2 nitrogen and oxygen atoms in total. The maximum absolute atomic E-state index is 6.07. The van der Waals surface area contributed by atoms with Crippen LogP contribution in [0.5, 0.6) is 0 Å². The van der Waals surface area contributed by atoms with Gasteiger partial charge in [0.1, 0.15) is 0 Å². The quantitative estimate of drug-likeness (QED) is 0.772. The van der Waals surface area contributed by atoms with Crippen LogP contribution in [0.25, 0.3) is 0 Å². The number of halogens is 2. The van der Waals surface area contributed by atoms with Crippen LogP contribution in [0.2, 0.25) is 10.0 Å². The van der Waals surface area contributed by atoms with Crippen molar-refractivity contribution >= 4 is 34.6 Å². The molecule has 2 aromatic carbocycles. The molecule has 2 aromatic rings. The van der Waals surface area contributed by atoms with Crippen molar-refractivity contribution in [1.29, 1.82) is 0 Å². The van der Waals surface area contributed by atoms with Crippen LogP contribution in [0.15, 0.2) is 42.5 Å². The van der Waals surface area contributed by atoms with Gasteiger partial charge < -0.3 is 10.6 Å². The van der Waals surface area contributed by atoms with Gasteiger partial charge >= 0.3 is 0 Å². The Balaban J connectivity index is 1.80. The van der Waals surface area contributed by atoms with E-state index in [4.69, 9.17) is 23.2 Å². The van der Waals surface area contributed by atoms with Crippen LogP contribution in [0.3, 0.4) is 0 Å². The first kappa shape index (κ1) is 14.0. The monoisotopic (exact) mass is 294 g/mol. The number of benzene rings is 2. The van der Waals surface area contributed by atoms with Crippen molar-refractivity contribution in [3.63, 3.8) is 0 Å². The minimum atomic E-state index is 0.679. The van der Waals surface area contributed by atoms with Crippen molar-refractivity contribution in [3.8, 4) is 0 Å². The highest BCUT2D eigenvalue weighted by Gasteiger charge is 2.00. The van der Waals surface area contributed by atoms with E-state index in [0.29, 0.717) is 10.0 Å². The fourth-order valence-electron chi connectivity index (χ4n) is 1.71. The first-order valence-electron chi connectivity index (χ1n) is 6.14. The molecule has 0 bridgehead atoms. The molecule has 0 heterocycles. The number of hydrogen-bond acceptors (Lipinski definition) is 2. The summed E-state index contributed by atoms with van der Waals surface area (Å²) in [5.41, 5.74) is 3.24. The molecular weight excluding hydrogens is 279 g/mol. The first-order chi connectivity index (χ1) is 9.15. The second kappa shape index (κ2) is 6.69. The summed E-state index contributed by atoms with van der Waals surface area (Å²) in [7, 11) is 0. The molecule has 100 valence electrons. The second-order valence-electron chi connectivity index (χ2n) is 4.34. The van der Waals surface area contributed by atoms with Gasteiger partial charge in [-0.3, -0.25) is 0 Å². The molecule has 19 heavy (non-hydrogen) atoms. The fraction of sp³-hybridized carbons (Fsp3) is 0.200. The van der Waals surface area contributed by atoms with Gasteiger partial charge in [0.2, 0.25) is 0 Å². The number of nitrogens with one attached hydrogen (secondary N) is 2. The summed E-state index contributed by atoms with van der Waals surface area (Å²) in [6.07, 6.45) is 0. The molecule has 0 spiro atoms. The van der Waals surface area contributed by atoms with Gasteiger partial charge in [0, 0.05) is 23.8 Å². The third kappa shape index (κ3) is 4.34. The van der Waals surface area contributed by atoms with Crippen LogP contribution < -0.4 is 10.6 Å². The minimum Gasteiger partial charge on any atom is -0.383 e. The summed E-state index contributed by atoms with van der Waals surface area (Å²) in [6, 6.07) is 13.7. The van der Waals surface area contributed by atoms with Gasteiger partial charge in [0.15, 0.2) is 0 Å². The van der Waals surface area contributed by atoms with E-state index in [1.807, 2.05) is 6.07 Å². The third-order valence-electron chi connectivity index (χ3n) is 2.75. The summed E-state index contributed by atoms with van der Waals surface area (Å²) in [5.74, 6) is 0. The maximum Gasteiger partial charge on any atom is 0.0638 e. The Bertz CT molecular complexity index is 538. The van der Waals surface area contributed by atoms with Crippen molar-refractivity contribution in [1.82, 2.24) is 0 Å². The van der Waals surface area contributed by atoms with Gasteiger partial charge in [-0.1, -0.05) is 40.9 Å². The highest BCUT2D eigenvalue weighted by Crippen LogP contribution is 2.25. The van der Waals surface area contributed by atoms with Crippen molar-refractivity contribution in [2.24, 2.45) is 0 Å². The van der Waals surface area contributed by atoms with Crippen molar-refractivity contribution < 1.29 is 0 Å². The summed E-state index contributed by atoms with van der Waals surface area (Å²) in [5, 5.41) is 7.95.